The molecule has 0 radical (unpaired) electrons. The number of ether oxygens (including phenoxy) is 1. The van der Waals surface area contributed by atoms with Gasteiger partial charge in [-0.2, -0.15) is 0 Å². The van der Waals surface area contributed by atoms with Crippen molar-refractivity contribution in [2.45, 2.75) is 196 Å². The van der Waals surface area contributed by atoms with Crippen LogP contribution < -0.4 is 0 Å². The van der Waals surface area contributed by atoms with Crippen LogP contribution in [-0.2, 0) is 14.3 Å². The molecule has 0 saturated heterocycles. The Balaban J connectivity index is 0.000000337. The molecule has 260 valence electrons. The quantitative estimate of drug-likeness (QED) is 0.105. The highest BCUT2D eigenvalue weighted by Crippen LogP contribution is 2.30. The largest absolute Gasteiger partial charge is 0.458 e. The molecular formula is C41H72O4. The van der Waals surface area contributed by atoms with E-state index in [4.69, 9.17) is 4.74 Å². The molecule has 3 aliphatic carbocycles. The monoisotopic (exact) mass is 629 g/mol. The van der Waals surface area contributed by atoms with Crippen molar-refractivity contribution in [2.24, 2.45) is 17.8 Å². The molecule has 0 aromatic carbocycles. The van der Waals surface area contributed by atoms with E-state index < -0.39 is 0 Å². The number of hydrogen-bond acceptors (Lipinski definition) is 4. The van der Waals surface area contributed by atoms with Gasteiger partial charge in [0.25, 0.3) is 0 Å². The summed E-state index contributed by atoms with van der Waals surface area (Å²) in [7, 11) is 0. The topological polar surface area (TPSA) is 63.6 Å². The minimum Gasteiger partial charge on any atom is -0.458 e. The van der Waals surface area contributed by atoms with Crippen LogP contribution in [0.5, 0.6) is 0 Å². The first-order chi connectivity index (χ1) is 21.6. The maximum Gasteiger partial charge on any atom is 0.303 e. The lowest BCUT2D eigenvalue weighted by atomic mass is 9.84. The maximum atomic E-state index is 11.3. The van der Waals surface area contributed by atoms with Crippen molar-refractivity contribution in [1.82, 2.24) is 0 Å². The van der Waals surface area contributed by atoms with Crippen LogP contribution in [0.4, 0.5) is 0 Å². The molecule has 3 aliphatic rings. The number of allylic oxidation sites excluding steroid dienone is 4. The number of unbranched alkanes of at least 4 members (excludes halogenated alkanes) is 9. The average Bonchev–Trinajstić information content (AvgIpc) is 2.95. The first-order valence-electron chi connectivity index (χ1n) is 19.0. The van der Waals surface area contributed by atoms with Crippen LogP contribution >= 0.6 is 0 Å². The van der Waals surface area contributed by atoms with E-state index in [9.17, 15) is 14.7 Å². The molecule has 0 spiro atoms. The molecule has 1 N–H and O–H groups in total. The molecule has 0 saturated carbocycles. The van der Waals surface area contributed by atoms with E-state index in [2.05, 4.69) is 47.6 Å². The number of esters is 1. The Morgan fingerprint density at radius 3 is 1.69 bits per heavy atom. The second kappa shape index (κ2) is 25.4. The van der Waals surface area contributed by atoms with Gasteiger partial charge < -0.3 is 9.84 Å². The normalized spacial score (nSPS) is 24.7. The SMILES string of the molecule is CCCCC1CC(C)=CC(OC(C)=O)C1.CCCCCCCC1CC(=O)C=C(C)C1.CCCCCCCC1CC(C)=CC(O)C1. The molecule has 4 nitrogen and oxygen atoms in total. The second-order valence-electron chi connectivity index (χ2n) is 14.6. The summed E-state index contributed by atoms with van der Waals surface area (Å²) >= 11 is 0. The fraction of sp³-hybridized carbons (Fsp3) is 0.805. The molecule has 0 aromatic rings. The highest BCUT2D eigenvalue weighted by molar-refractivity contribution is 5.91. The predicted octanol–water partition coefficient (Wildman–Crippen LogP) is 11.8. The van der Waals surface area contributed by atoms with Crippen molar-refractivity contribution in [3.63, 3.8) is 0 Å². The van der Waals surface area contributed by atoms with Crippen molar-refractivity contribution in [1.29, 1.82) is 0 Å². The van der Waals surface area contributed by atoms with Crippen LogP contribution in [0.25, 0.3) is 0 Å². The van der Waals surface area contributed by atoms with Crippen molar-refractivity contribution in [3.05, 3.63) is 34.9 Å². The van der Waals surface area contributed by atoms with Gasteiger partial charge in [0, 0.05) is 13.3 Å². The number of rotatable bonds is 16. The molecule has 0 heterocycles. The van der Waals surface area contributed by atoms with Crippen molar-refractivity contribution < 1.29 is 19.4 Å². The zero-order chi connectivity index (χ0) is 33.5. The summed E-state index contributed by atoms with van der Waals surface area (Å²) in [5.41, 5.74) is 4.03. The van der Waals surface area contributed by atoms with Crippen LogP contribution in [0.3, 0.4) is 0 Å². The van der Waals surface area contributed by atoms with Gasteiger partial charge in [0.1, 0.15) is 6.10 Å². The number of hydrogen-bond donors (Lipinski definition) is 1. The Labute approximate surface area is 278 Å². The Hall–Kier alpha value is -1.68. The molecule has 0 fully saturated rings. The summed E-state index contributed by atoms with van der Waals surface area (Å²) in [6.07, 6.45) is 32.0. The van der Waals surface area contributed by atoms with Crippen LogP contribution in [-0.4, -0.2) is 29.1 Å². The first-order valence-corrected chi connectivity index (χ1v) is 19.0. The fourth-order valence-corrected chi connectivity index (χ4v) is 7.38. The summed E-state index contributed by atoms with van der Waals surface area (Å²) in [6, 6.07) is 0. The van der Waals surface area contributed by atoms with Crippen molar-refractivity contribution in [2.75, 3.05) is 0 Å². The van der Waals surface area contributed by atoms with Gasteiger partial charge in [-0.05, 0) is 89.2 Å². The Kier molecular flexibility index (Phi) is 23.3. The van der Waals surface area contributed by atoms with Crippen LogP contribution in [0.1, 0.15) is 183 Å². The summed E-state index contributed by atoms with van der Waals surface area (Å²) in [4.78, 5) is 22.2. The Bertz CT molecular complexity index is 897. The molecule has 4 heteroatoms. The Morgan fingerprint density at radius 2 is 1.16 bits per heavy atom. The first kappa shape index (κ1) is 41.3. The zero-order valence-electron chi connectivity index (χ0n) is 30.6. The third-order valence-electron chi connectivity index (χ3n) is 9.53. The number of carbonyl (C=O) groups is 2. The lowest BCUT2D eigenvalue weighted by Gasteiger charge is -2.27. The third kappa shape index (κ3) is 21.7. The smallest absolute Gasteiger partial charge is 0.303 e. The van der Waals surface area contributed by atoms with Crippen molar-refractivity contribution in [3.8, 4) is 0 Å². The van der Waals surface area contributed by atoms with Crippen molar-refractivity contribution >= 4 is 11.8 Å². The fourth-order valence-electron chi connectivity index (χ4n) is 7.38. The molecule has 5 unspecified atom stereocenters. The summed E-state index contributed by atoms with van der Waals surface area (Å²) < 4.78 is 5.26. The van der Waals surface area contributed by atoms with Gasteiger partial charge in [0.15, 0.2) is 5.78 Å². The van der Waals surface area contributed by atoms with Crippen LogP contribution in [0.2, 0.25) is 0 Å². The summed E-state index contributed by atoms with van der Waals surface area (Å²) in [6.45, 7) is 14.6. The molecule has 0 aromatic heterocycles. The van der Waals surface area contributed by atoms with Gasteiger partial charge in [-0.1, -0.05) is 133 Å². The molecule has 45 heavy (non-hydrogen) atoms. The van der Waals surface area contributed by atoms with E-state index in [1.807, 2.05) is 12.2 Å². The summed E-state index contributed by atoms with van der Waals surface area (Å²) in [5.74, 6) is 2.27. The van der Waals surface area contributed by atoms with Crippen LogP contribution in [0.15, 0.2) is 34.9 Å². The van der Waals surface area contributed by atoms with E-state index in [0.29, 0.717) is 17.6 Å². The predicted molar refractivity (Wildman–Crippen MR) is 192 cm³/mol. The second-order valence-corrected chi connectivity index (χ2v) is 14.6. The van der Waals surface area contributed by atoms with E-state index in [-0.39, 0.29) is 18.2 Å². The van der Waals surface area contributed by atoms with Gasteiger partial charge >= 0.3 is 5.97 Å². The molecule has 0 bridgehead atoms. The molecule has 0 aliphatic heterocycles. The maximum absolute atomic E-state index is 11.3. The number of aliphatic hydroxyl groups is 1. The average molecular weight is 629 g/mol. The summed E-state index contributed by atoms with van der Waals surface area (Å²) in [5, 5.41) is 9.61. The number of aliphatic hydroxyl groups excluding tert-OH is 1. The van der Waals surface area contributed by atoms with E-state index in [1.165, 1.54) is 133 Å². The number of carbonyl (C=O) groups excluding carboxylic acids is 2. The van der Waals surface area contributed by atoms with E-state index >= 15 is 0 Å². The molecule has 5 atom stereocenters. The van der Waals surface area contributed by atoms with Crippen LogP contribution in [0, 0.1) is 17.8 Å². The standard InChI is InChI=1S/C14H26O.C14H24O.C13H22O2/c2*1-3-4-5-6-7-8-13-9-12(2)10-14(15)11-13;1-4-5-6-12-7-10(2)8-13(9-12)15-11(3)14/h10,13-15H,3-9,11H2,1-2H3;10,13H,3-9,11H2,1-2H3;8,12-13H,4-7,9H2,1-3H3. The van der Waals surface area contributed by atoms with Gasteiger partial charge in [0.2, 0.25) is 0 Å². The zero-order valence-corrected chi connectivity index (χ0v) is 30.6. The minimum absolute atomic E-state index is 0.0260. The third-order valence-corrected chi connectivity index (χ3v) is 9.53. The molecular weight excluding hydrogens is 556 g/mol. The molecule has 3 rings (SSSR count). The molecule has 0 amide bonds. The number of ketones is 1. The minimum atomic E-state index is -0.167. The Morgan fingerprint density at radius 1 is 0.667 bits per heavy atom. The highest BCUT2D eigenvalue weighted by Gasteiger charge is 2.22. The van der Waals surface area contributed by atoms with Gasteiger partial charge in [-0.15, -0.1) is 0 Å². The lowest BCUT2D eigenvalue weighted by molar-refractivity contribution is -0.145. The van der Waals surface area contributed by atoms with Gasteiger partial charge in [-0.25, -0.2) is 0 Å². The van der Waals surface area contributed by atoms with E-state index in [0.717, 1.165) is 31.6 Å². The van der Waals surface area contributed by atoms with Gasteiger partial charge in [0.05, 0.1) is 6.10 Å². The van der Waals surface area contributed by atoms with E-state index in [1.54, 1.807) is 0 Å². The highest BCUT2D eigenvalue weighted by atomic mass is 16.5. The van der Waals surface area contributed by atoms with Gasteiger partial charge in [-0.3, -0.25) is 9.59 Å². The lowest BCUT2D eigenvalue weighted by Crippen LogP contribution is -2.22.